The third kappa shape index (κ3) is 4.61. The average Bonchev–Trinajstić information content (AvgIpc) is 2.90. The molecule has 158 valence electrons. The van der Waals surface area contributed by atoms with E-state index >= 15 is 0 Å². The van der Waals surface area contributed by atoms with E-state index in [1.807, 2.05) is 13.8 Å². The van der Waals surface area contributed by atoms with Crippen LogP contribution < -0.4 is 10.1 Å². The van der Waals surface area contributed by atoms with Crippen molar-refractivity contribution in [2.75, 3.05) is 19.7 Å². The SMILES string of the molecule is CC(C)N1C(=O)NC2(CCN(C(=O)CCCOc3ccc(Cl)cc3Cl)CC2)C1=O. The molecule has 2 heterocycles. The summed E-state index contributed by atoms with van der Waals surface area (Å²) in [5.74, 6) is 0.370. The molecule has 7 nitrogen and oxygen atoms in total. The first-order chi connectivity index (χ1) is 13.7. The van der Waals surface area contributed by atoms with Gasteiger partial charge >= 0.3 is 6.03 Å². The van der Waals surface area contributed by atoms with Crippen LogP contribution in [0.4, 0.5) is 4.79 Å². The van der Waals surface area contributed by atoms with E-state index in [4.69, 9.17) is 27.9 Å². The summed E-state index contributed by atoms with van der Waals surface area (Å²) >= 11 is 11.9. The van der Waals surface area contributed by atoms with Crippen LogP contribution in [0.25, 0.3) is 0 Å². The Labute approximate surface area is 180 Å². The van der Waals surface area contributed by atoms with Crippen LogP contribution in [0.5, 0.6) is 5.75 Å². The highest BCUT2D eigenvalue weighted by atomic mass is 35.5. The summed E-state index contributed by atoms with van der Waals surface area (Å²) in [7, 11) is 0. The molecule has 1 aromatic carbocycles. The minimum atomic E-state index is -0.868. The molecule has 0 aromatic heterocycles. The average molecular weight is 442 g/mol. The number of hydrogen-bond acceptors (Lipinski definition) is 4. The summed E-state index contributed by atoms with van der Waals surface area (Å²) in [6.45, 7) is 4.88. The zero-order chi connectivity index (χ0) is 21.2. The number of nitrogens with zero attached hydrogens (tertiary/aromatic N) is 2. The van der Waals surface area contributed by atoms with E-state index in [1.165, 1.54) is 4.90 Å². The maximum Gasteiger partial charge on any atom is 0.325 e. The Bertz CT molecular complexity index is 807. The van der Waals surface area contributed by atoms with Crippen LogP contribution in [0.15, 0.2) is 18.2 Å². The van der Waals surface area contributed by atoms with E-state index in [0.717, 1.165) is 0 Å². The highest BCUT2D eigenvalue weighted by molar-refractivity contribution is 6.35. The topological polar surface area (TPSA) is 79.0 Å². The molecule has 1 N–H and O–H groups in total. The standard InChI is InChI=1S/C20H25Cl2N3O4/c1-13(2)25-18(27)20(23-19(25)28)7-9-24(10-8-20)17(26)4-3-11-29-16-6-5-14(21)12-15(16)22/h5-6,12-13H,3-4,7-11H2,1-2H3,(H,23,28). The summed E-state index contributed by atoms with van der Waals surface area (Å²) in [6, 6.07) is 4.47. The van der Waals surface area contributed by atoms with E-state index < -0.39 is 5.54 Å². The van der Waals surface area contributed by atoms with Crippen molar-refractivity contribution in [3.8, 4) is 5.75 Å². The number of halogens is 2. The van der Waals surface area contributed by atoms with Crippen molar-refractivity contribution in [1.29, 1.82) is 0 Å². The molecule has 2 fully saturated rings. The molecule has 2 aliphatic rings. The van der Waals surface area contributed by atoms with Gasteiger partial charge in [0.05, 0.1) is 11.6 Å². The third-order valence-electron chi connectivity index (χ3n) is 5.37. The van der Waals surface area contributed by atoms with Gasteiger partial charge in [-0.3, -0.25) is 14.5 Å². The van der Waals surface area contributed by atoms with Gasteiger partial charge in [0.1, 0.15) is 11.3 Å². The number of rotatable bonds is 6. The molecular weight excluding hydrogens is 417 g/mol. The van der Waals surface area contributed by atoms with E-state index in [9.17, 15) is 14.4 Å². The fourth-order valence-corrected chi connectivity index (χ4v) is 4.21. The minimum absolute atomic E-state index is 0.0168. The van der Waals surface area contributed by atoms with E-state index in [0.29, 0.717) is 61.2 Å². The van der Waals surface area contributed by atoms with Crippen molar-refractivity contribution < 1.29 is 19.1 Å². The van der Waals surface area contributed by atoms with Crippen LogP contribution in [-0.2, 0) is 9.59 Å². The molecule has 0 saturated carbocycles. The van der Waals surface area contributed by atoms with Gasteiger partial charge in [-0.2, -0.15) is 0 Å². The Morgan fingerprint density at radius 1 is 1.24 bits per heavy atom. The van der Waals surface area contributed by atoms with Crippen molar-refractivity contribution >= 4 is 41.0 Å². The number of ether oxygens (including phenoxy) is 1. The highest BCUT2D eigenvalue weighted by Crippen LogP contribution is 2.31. The zero-order valence-electron chi connectivity index (χ0n) is 16.5. The number of likely N-dealkylation sites (tertiary alicyclic amines) is 1. The van der Waals surface area contributed by atoms with Crippen LogP contribution in [-0.4, -0.2) is 58.9 Å². The van der Waals surface area contributed by atoms with Gasteiger partial charge in [-0.05, 0) is 51.3 Å². The molecular formula is C20H25Cl2N3O4. The maximum absolute atomic E-state index is 12.7. The van der Waals surface area contributed by atoms with Crippen molar-refractivity contribution in [1.82, 2.24) is 15.1 Å². The number of nitrogens with one attached hydrogen (secondary N) is 1. The summed E-state index contributed by atoms with van der Waals surface area (Å²) in [4.78, 5) is 40.3. The Hall–Kier alpha value is -1.99. The Morgan fingerprint density at radius 2 is 1.93 bits per heavy atom. The monoisotopic (exact) mass is 441 g/mol. The first kappa shape index (κ1) is 21.7. The normalized spacial score (nSPS) is 18.5. The molecule has 2 aliphatic heterocycles. The summed E-state index contributed by atoms with van der Waals surface area (Å²) < 4.78 is 5.61. The van der Waals surface area contributed by atoms with Crippen LogP contribution in [0.3, 0.4) is 0 Å². The lowest BCUT2D eigenvalue weighted by Gasteiger charge is -2.37. The molecule has 0 aliphatic carbocycles. The van der Waals surface area contributed by atoms with Gasteiger partial charge in [-0.25, -0.2) is 4.79 Å². The first-order valence-electron chi connectivity index (χ1n) is 9.75. The second-order valence-electron chi connectivity index (χ2n) is 7.69. The fourth-order valence-electron chi connectivity index (χ4n) is 3.74. The van der Waals surface area contributed by atoms with Crippen LogP contribution in [0.1, 0.15) is 39.5 Å². The molecule has 1 aromatic rings. The van der Waals surface area contributed by atoms with Gasteiger partial charge < -0.3 is 15.0 Å². The van der Waals surface area contributed by atoms with Crippen molar-refractivity contribution in [3.05, 3.63) is 28.2 Å². The summed E-state index contributed by atoms with van der Waals surface area (Å²) in [5.41, 5.74) is -0.868. The molecule has 4 amide bonds. The van der Waals surface area contributed by atoms with Gasteiger partial charge in [-0.1, -0.05) is 23.2 Å². The summed E-state index contributed by atoms with van der Waals surface area (Å²) in [5, 5.41) is 3.82. The largest absolute Gasteiger partial charge is 0.492 e. The predicted octanol–water partition coefficient (Wildman–Crippen LogP) is 3.47. The van der Waals surface area contributed by atoms with Gasteiger partial charge in [0.25, 0.3) is 5.91 Å². The predicted molar refractivity (Wildman–Crippen MR) is 110 cm³/mol. The molecule has 0 atom stereocenters. The van der Waals surface area contributed by atoms with Gasteiger partial charge in [-0.15, -0.1) is 0 Å². The fraction of sp³-hybridized carbons (Fsp3) is 0.550. The minimum Gasteiger partial charge on any atom is -0.492 e. The van der Waals surface area contributed by atoms with Crippen LogP contribution in [0.2, 0.25) is 10.0 Å². The number of carbonyl (C=O) groups is 3. The molecule has 0 bridgehead atoms. The Balaban J connectivity index is 1.44. The molecule has 0 unspecified atom stereocenters. The molecule has 0 radical (unpaired) electrons. The number of urea groups is 1. The van der Waals surface area contributed by atoms with Crippen molar-refractivity contribution in [2.45, 2.75) is 51.1 Å². The number of benzene rings is 1. The molecule has 2 saturated heterocycles. The van der Waals surface area contributed by atoms with Crippen molar-refractivity contribution in [2.24, 2.45) is 0 Å². The Kier molecular flexibility index (Phi) is 6.58. The van der Waals surface area contributed by atoms with E-state index in [-0.39, 0.29) is 23.9 Å². The van der Waals surface area contributed by atoms with Crippen molar-refractivity contribution in [3.63, 3.8) is 0 Å². The number of piperidine rings is 1. The maximum atomic E-state index is 12.7. The van der Waals surface area contributed by atoms with Gasteiger partial charge in [0.2, 0.25) is 5.91 Å². The second-order valence-corrected chi connectivity index (χ2v) is 8.53. The molecule has 1 spiro atoms. The summed E-state index contributed by atoms with van der Waals surface area (Å²) in [6.07, 6.45) is 1.76. The Morgan fingerprint density at radius 3 is 2.52 bits per heavy atom. The zero-order valence-corrected chi connectivity index (χ0v) is 18.1. The van der Waals surface area contributed by atoms with Crippen LogP contribution >= 0.6 is 23.2 Å². The molecule has 29 heavy (non-hydrogen) atoms. The van der Waals surface area contributed by atoms with Gasteiger partial charge in [0, 0.05) is 30.6 Å². The third-order valence-corrected chi connectivity index (χ3v) is 5.90. The lowest BCUT2D eigenvalue weighted by molar-refractivity contribution is -0.139. The van der Waals surface area contributed by atoms with Gasteiger partial charge in [0.15, 0.2) is 0 Å². The quantitative estimate of drug-likeness (QED) is 0.541. The molecule has 9 heteroatoms. The van der Waals surface area contributed by atoms with E-state index in [1.54, 1.807) is 23.1 Å². The molecule has 3 rings (SSSR count). The number of hydrogen-bond donors (Lipinski definition) is 1. The number of amides is 4. The smallest absolute Gasteiger partial charge is 0.325 e. The highest BCUT2D eigenvalue weighted by Gasteiger charge is 2.53. The second kappa shape index (κ2) is 8.79. The number of imide groups is 1. The lowest BCUT2D eigenvalue weighted by atomic mass is 9.87. The van der Waals surface area contributed by atoms with Crippen LogP contribution in [0, 0.1) is 0 Å². The number of carbonyl (C=O) groups excluding carboxylic acids is 3. The first-order valence-corrected chi connectivity index (χ1v) is 10.5. The lowest BCUT2D eigenvalue weighted by Crippen LogP contribution is -2.56. The van der Waals surface area contributed by atoms with E-state index in [2.05, 4.69) is 5.32 Å².